The number of ether oxygens (including phenoxy) is 4. The molecule has 0 fully saturated rings. The van der Waals surface area contributed by atoms with Crippen molar-refractivity contribution in [1.82, 2.24) is 0 Å². The van der Waals surface area contributed by atoms with E-state index in [9.17, 15) is 9.59 Å². The van der Waals surface area contributed by atoms with E-state index in [1.807, 2.05) is 18.2 Å². The Balaban J connectivity index is 1.74. The molecule has 0 aromatic heterocycles. The number of nitrogens with zero attached hydrogens (tertiary/aromatic N) is 1. The number of carbonyl (C=O) groups is 2. The van der Waals surface area contributed by atoms with Crippen LogP contribution in [0.15, 0.2) is 42.5 Å². The zero-order valence-electron chi connectivity index (χ0n) is 15.4. The quantitative estimate of drug-likeness (QED) is 0.753. The Morgan fingerprint density at radius 3 is 2.52 bits per heavy atom. The molecular formula is C20H21NO6. The summed E-state index contributed by atoms with van der Waals surface area (Å²) in [5.41, 5.74) is 0.935. The minimum Gasteiger partial charge on any atom is -0.493 e. The van der Waals surface area contributed by atoms with Gasteiger partial charge in [-0.15, -0.1) is 0 Å². The third kappa shape index (κ3) is 3.97. The molecule has 2 aromatic rings. The fourth-order valence-corrected chi connectivity index (χ4v) is 2.72. The smallest absolute Gasteiger partial charge is 0.339 e. The van der Waals surface area contributed by atoms with Crippen LogP contribution in [-0.4, -0.2) is 45.4 Å². The van der Waals surface area contributed by atoms with Crippen molar-refractivity contribution >= 4 is 17.6 Å². The van der Waals surface area contributed by atoms with Gasteiger partial charge in [0.25, 0.3) is 5.91 Å². The molecule has 0 unspecified atom stereocenters. The summed E-state index contributed by atoms with van der Waals surface area (Å²) in [5.74, 6) is 0.257. The molecule has 0 aliphatic carbocycles. The zero-order valence-corrected chi connectivity index (χ0v) is 15.4. The molecule has 1 aliphatic rings. The van der Waals surface area contributed by atoms with Crippen LogP contribution in [0.3, 0.4) is 0 Å². The van der Waals surface area contributed by atoms with Crippen molar-refractivity contribution in [1.29, 1.82) is 0 Å². The maximum absolute atomic E-state index is 12.5. The summed E-state index contributed by atoms with van der Waals surface area (Å²) in [6.45, 7) is 2.32. The van der Waals surface area contributed by atoms with Crippen LogP contribution in [0, 0.1) is 0 Å². The number of fused-ring (bicyclic) bond motifs is 1. The summed E-state index contributed by atoms with van der Waals surface area (Å²) in [7, 11) is 3.11. The van der Waals surface area contributed by atoms with E-state index < -0.39 is 12.1 Å². The van der Waals surface area contributed by atoms with Crippen molar-refractivity contribution in [2.24, 2.45) is 0 Å². The molecule has 3 rings (SSSR count). The number of esters is 1. The summed E-state index contributed by atoms with van der Waals surface area (Å²) >= 11 is 0. The van der Waals surface area contributed by atoms with Crippen LogP contribution < -0.4 is 19.1 Å². The number of hydrogen-bond donors (Lipinski definition) is 0. The monoisotopic (exact) mass is 371 g/mol. The lowest BCUT2D eigenvalue weighted by atomic mass is 10.1. The Morgan fingerprint density at radius 2 is 1.81 bits per heavy atom. The van der Waals surface area contributed by atoms with Gasteiger partial charge in [-0.2, -0.15) is 0 Å². The van der Waals surface area contributed by atoms with Crippen molar-refractivity contribution in [3.8, 4) is 17.2 Å². The van der Waals surface area contributed by atoms with Crippen molar-refractivity contribution in [2.45, 2.75) is 13.0 Å². The first-order chi connectivity index (χ1) is 13.0. The highest BCUT2D eigenvalue weighted by Gasteiger charge is 2.26. The van der Waals surface area contributed by atoms with E-state index in [4.69, 9.17) is 18.9 Å². The second-order valence-electron chi connectivity index (χ2n) is 5.98. The van der Waals surface area contributed by atoms with Gasteiger partial charge in [0.2, 0.25) is 5.75 Å². The highest BCUT2D eigenvalue weighted by atomic mass is 16.6. The van der Waals surface area contributed by atoms with Crippen molar-refractivity contribution in [3.05, 3.63) is 48.0 Å². The van der Waals surface area contributed by atoms with E-state index >= 15 is 0 Å². The number of hydrogen-bond acceptors (Lipinski definition) is 6. The van der Waals surface area contributed by atoms with Gasteiger partial charge >= 0.3 is 5.97 Å². The molecule has 0 saturated carbocycles. The van der Waals surface area contributed by atoms with Crippen molar-refractivity contribution in [3.63, 3.8) is 0 Å². The molecule has 0 saturated heterocycles. The second-order valence-corrected chi connectivity index (χ2v) is 5.98. The number of para-hydroxylation sites is 1. The molecule has 1 atom stereocenters. The largest absolute Gasteiger partial charge is 0.493 e. The molecule has 0 N–H and O–H groups in total. The molecule has 1 aliphatic heterocycles. The average molecular weight is 371 g/mol. The number of rotatable bonds is 5. The lowest BCUT2D eigenvalue weighted by Crippen LogP contribution is -2.37. The first-order valence-corrected chi connectivity index (χ1v) is 8.52. The molecule has 0 radical (unpaired) electrons. The third-order valence-electron chi connectivity index (χ3n) is 4.17. The van der Waals surface area contributed by atoms with Crippen LogP contribution in [0.4, 0.5) is 5.69 Å². The van der Waals surface area contributed by atoms with Gasteiger partial charge in [0.05, 0.1) is 12.7 Å². The normalized spacial score (nSPS) is 13.4. The Labute approximate surface area is 157 Å². The van der Waals surface area contributed by atoms with E-state index in [1.54, 1.807) is 19.2 Å². The lowest BCUT2D eigenvalue weighted by Gasteiger charge is -2.23. The predicted octanol–water partition coefficient (Wildman–Crippen LogP) is 2.67. The Morgan fingerprint density at radius 1 is 1.11 bits per heavy atom. The maximum atomic E-state index is 12.5. The molecule has 0 spiro atoms. The van der Waals surface area contributed by atoms with E-state index in [-0.39, 0.29) is 11.5 Å². The van der Waals surface area contributed by atoms with Gasteiger partial charge in [-0.1, -0.05) is 18.2 Å². The van der Waals surface area contributed by atoms with E-state index in [2.05, 4.69) is 0 Å². The third-order valence-corrected chi connectivity index (χ3v) is 4.17. The standard InChI is InChI=1S/C20H21NO6/c1-13(19(22)21(2)15-7-5-4-6-8-15)27-20(23)14-11-16(24-3)18-17(12-14)25-9-10-26-18/h4-8,11-13H,9-10H2,1-3H3/t13-/m1/s1. The van der Waals surface area contributed by atoms with Crippen molar-refractivity contribution in [2.75, 3.05) is 32.3 Å². The zero-order chi connectivity index (χ0) is 19.4. The van der Waals surface area contributed by atoms with E-state index in [0.717, 1.165) is 0 Å². The van der Waals surface area contributed by atoms with E-state index in [0.29, 0.717) is 36.1 Å². The van der Waals surface area contributed by atoms with Gasteiger partial charge in [-0.25, -0.2) is 4.79 Å². The number of anilines is 1. The van der Waals surface area contributed by atoms with Crippen LogP contribution >= 0.6 is 0 Å². The maximum Gasteiger partial charge on any atom is 0.339 e. The van der Waals surface area contributed by atoms with Crippen LogP contribution in [0.5, 0.6) is 17.2 Å². The number of benzene rings is 2. The summed E-state index contributed by atoms with van der Waals surface area (Å²) in [4.78, 5) is 26.5. The van der Waals surface area contributed by atoms with Gasteiger partial charge in [-0.3, -0.25) is 4.79 Å². The second kappa shape index (κ2) is 7.99. The highest BCUT2D eigenvalue weighted by molar-refractivity contribution is 5.99. The van der Waals surface area contributed by atoms with Gasteiger partial charge in [-0.05, 0) is 31.2 Å². The minimum atomic E-state index is -0.957. The van der Waals surface area contributed by atoms with Gasteiger partial charge in [0, 0.05) is 12.7 Å². The fourth-order valence-electron chi connectivity index (χ4n) is 2.72. The number of methoxy groups -OCH3 is 1. The predicted molar refractivity (Wildman–Crippen MR) is 98.7 cm³/mol. The summed E-state index contributed by atoms with van der Waals surface area (Å²) in [6.07, 6.45) is -0.957. The van der Waals surface area contributed by atoms with Gasteiger partial charge < -0.3 is 23.8 Å². The van der Waals surface area contributed by atoms with Gasteiger partial charge in [0.15, 0.2) is 17.6 Å². The fraction of sp³-hybridized carbons (Fsp3) is 0.300. The Kier molecular flexibility index (Phi) is 5.49. The molecule has 1 heterocycles. The molecule has 27 heavy (non-hydrogen) atoms. The average Bonchev–Trinajstić information content (AvgIpc) is 2.72. The topological polar surface area (TPSA) is 74.3 Å². The Bertz CT molecular complexity index is 819. The van der Waals surface area contributed by atoms with Crippen LogP contribution in [0.1, 0.15) is 17.3 Å². The highest BCUT2D eigenvalue weighted by Crippen LogP contribution is 2.40. The number of carbonyl (C=O) groups excluding carboxylic acids is 2. The van der Waals surface area contributed by atoms with Crippen LogP contribution in [0.2, 0.25) is 0 Å². The molecule has 142 valence electrons. The molecular weight excluding hydrogens is 350 g/mol. The summed E-state index contributed by atoms with van der Waals surface area (Å²) in [6, 6.07) is 12.2. The summed E-state index contributed by atoms with van der Waals surface area (Å²) < 4.78 is 21.6. The van der Waals surface area contributed by atoms with Gasteiger partial charge in [0.1, 0.15) is 13.2 Å². The SMILES string of the molecule is COc1cc(C(=O)O[C@H](C)C(=O)N(C)c2ccccc2)cc2c1OCCO2. The molecule has 0 bridgehead atoms. The van der Waals surface area contributed by atoms with Crippen LogP contribution in [0.25, 0.3) is 0 Å². The summed E-state index contributed by atoms with van der Waals surface area (Å²) in [5, 5.41) is 0. The number of amides is 1. The first kappa shape index (κ1) is 18.6. The van der Waals surface area contributed by atoms with E-state index in [1.165, 1.54) is 31.1 Å². The lowest BCUT2D eigenvalue weighted by molar-refractivity contribution is -0.126. The van der Waals surface area contributed by atoms with Crippen LogP contribution in [-0.2, 0) is 9.53 Å². The number of likely N-dealkylation sites (N-methyl/N-ethyl adjacent to an activating group) is 1. The first-order valence-electron chi connectivity index (χ1n) is 8.52. The Hall–Kier alpha value is -3.22. The molecule has 2 aromatic carbocycles. The molecule has 7 nitrogen and oxygen atoms in total. The van der Waals surface area contributed by atoms with Crippen molar-refractivity contribution < 1.29 is 28.5 Å². The molecule has 7 heteroatoms. The molecule has 1 amide bonds. The minimum absolute atomic E-state index is 0.220.